The maximum Gasteiger partial charge on any atom is 0.0914 e. The molecule has 2 rings (SSSR count). The fraction of sp³-hybridized carbons (Fsp3) is 0.600. The Bertz CT molecular complexity index is 304. The Kier molecular flexibility index (Phi) is 5.02. The second-order valence-corrected chi connectivity index (χ2v) is 5.02. The van der Waals surface area contributed by atoms with Crippen LogP contribution in [0.1, 0.15) is 50.2 Å². The van der Waals surface area contributed by atoms with Gasteiger partial charge in [-0.1, -0.05) is 56.0 Å². The first-order valence-electron chi connectivity index (χ1n) is 6.82. The normalized spacial score (nSPS) is 19.8. The Morgan fingerprint density at radius 2 is 1.71 bits per heavy atom. The van der Waals surface area contributed by atoms with E-state index in [1.165, 1.54) is 38.5 Å². The van der Waals surface area contributed by atoms with Crippen molar-refractivity contribution in [1.82, 2.24) is 5.32 Å². The standard InChI is InChI=1S/C15H23NO/c17-15(13-8-4-3-5-9-13)12-16-14-10-6-1-2-7-11-14/h3-5,8-9,14-17H,1-2,6-7,10-12H2. The van der Waals surface area contributed by atoms with Crippen molar-refractivity contribution >= 4 is 0 Å². The van der Waals surface area contributed by atoms with Crippen LogP contribution in [0.2, 0.25) is 0 Å². The number of benzene rings is 1. The molecule has 2 N–H and O–H groups in total. The third-order valence-corrected chi connectivity index (χ3v) is 3.64. The van der Waals surface area contributed by atoms with E-state index in [0.717, 1.165) is 5.56 Å². The highest BCUT2D eigenvalue weighted by Gasteiger charge is 2.13. The molecule has 1 atom stereocenters. The quantitative estimate of drug-likeness (QED) is 0.783. The van der Waals surface area contributed by atoms with Crippen molar-refractivity contribution in [3.8, 4) is 0 Å². The van der Waals surface area contributed by atoms with Gasteiger partial charge in [-0.2, -0.15) is 0 Å². The van der Waals surface area contributed by atoms with E-state index in [-0.39, 0.29) is 6.10 Å². The van der Waals surface area contributed by atoms with E-state index in [4.69, 9.17) is 0 Å². The summed E-state index contributed by atoms with van der Waals surface area (Å²) in [5, 5.41) is 13.6. The molecule has 0 heterocycles. The molecule has 0 aliphatic heterocycles. The lowest BCUT2D eigenvalue weighted by molar-refractivity contribution is 0.168. The Balaban J connectivity index is 1.77. The zero-order valence-electron chi connectivity index (χ0n) is 10.4. The summed E-state index contributed by atoms with van der Waals surface area (Å²) in [7, 11) is 0. The molecule has 1 aliphatic rings. The molecule has 0 radical (unpaired) electrons. The lowest BCUT2D eigenvalue weighted by Gasteiger charge is -2.19. The molecule has 94 valence electrons. The molecule has 1 saturated carbocycles. The van der Waals surface area contributed by atoms with Crippen LogP contribution in [0.15, 0.2) is 30.3 Å². The van der Waals surface area contributed by atoms with Crippen LogP contribution in [0.5, 0.6) is 0 Å². The minimum Gasteiger partial charge on any atom is -0.387 e. The molecule has 1 aliphatic carbocycles. The maximum absolute atomic E-state index is 10.1. The maximum atomic E-state index is 10.1. The number of aliphatic hydroxyl groups excluding tert-OH is 1. The Morgan fingerprint density at radius 3 is 2.35 bits per heavy atom. The van der Waals surface area contributed by atoms with Gasteiger partial charge in [-0.05, 0) is 18.4 Å². The van der Waals surface area contributed by atoms with Crippen LogP contribution >= 0.6 is 0 Å². The van der Waals surface area contributed by atoms with E-state index < -0.39 is 0 Å². The van der Waals surface area contributed by atoms with E-state index in [0.29, 0.717) is 12.6 Å². The van der Waals surface area contributed by atoms with E-state index in [9.17, 15) is 5.11 Å². The van der Waals surface area contributed by atoms with Crippen molar-refractivity contribution in [3.63, 3.8) is 0 Å². The highest BCUT2D eigenvalue weighted by Crippen LogP contribution is 2.18. The smallest absolute Gasteiger partial charge is 0.0914 e. The minimum atomic E-state index is -0.376. The van der Waals surface area contributed by atoms with Gasteiger partial charge in [0, 0.05) is 12.6 Å². The summed E-state index contributed by atoms with van der Waals surface area (Å²) < 4.78 is 0. The highest BCUT2D eigenvalue weighted by atomic mass is 16.3. The molecular weight excluding hydrogens is 210 g/mol. The SMILES string of the molecule is OC(CNC1CCCCCC1)c1ccccc1. The van der Waals surface area contributed by atoms with E-state index in [2.05, 4.69) is 5.32 Å². The molecule has 2 nitrogen and oxygen atoms in total. The van der Waals surface area contributed by atoms with Crippen LogP contribution in [0.3, 0.4) is 0 Å². The summed E-state index contributed by atoms with van der Waals surface area (Å²) in [6, 6.07) is 10.5. The zero-order valence-corrected chi connectivity index (χ0v) is 10.4. The molecular formula is C15H23NO. The van der Waals surface area contributed by atoms with E-state index >= 15 is 0 Å². The van der Waals surface area contributed by atoms with Crippen LogP contribution in [0.4, 0.5) is 0 Å². The second kappa shape index (κ2) is 6.77. The van der Waals surface area contributed by atoms with Crippen LogP contribution < -0.4 is 5.32 Å². The molecule has 1 aromatic carbocycles. The van der Waals surface area contributed by atoms with Gasteiger partial charge in [0.2, 0.25) is 0 Å². The molecule has 0 saturated heterocycles. The van der Waals surface area contributed by atoms with Gasteiger partial charge in [0.1, 0.15) is 0 Å². The second-order valence-electron chi connectivity index (χ2n) is 5.02. The predicted octanol–water partition coefficient (Wildman–Crippen LogP) is 3.03. The molecule has 2 heteroatoms. The van der Waals surface area contributed by atoms with Gasteiger partial charge in [-0.3, -0.25) is 0 Å². The number of aliphatic hydroxyl groups is 1. The van der Waals surface area contributed by atoms with Crippen molar-refractivity contribution in [1.29, 1.82) is 0 Å². The van der Waals surface area contributed by atoms with Crippen molar-refractivity contribution in [2.45, 2.75) is 50.7 Å². The predicted molar refractivity (Wildman–Crippen MR) is 70.9 cm³/mol. The van der Waals surface area contributed by atoms with Gasteiger partial charge >= 0.3 is 0 Å². The molecule has 17 heavy (non-hydrogen) atoms. The van der Waals surface area contributed by atoms with Gasteiger partial charge in [0.05, 0.1) is 6.10 Å². The molecule has 0 spiro atoms. The van der Waals surface area contributed by atoms with Gasteiger partial charge < -0.3 is 10.4 Å². The summed E-state index contributed by atoms with van der Waals surface area (Å²) in [4.78, 5) is 0. The summed E-state index contributed by atoms with van der Waals surface area (Å²) in [6.45, 7) is 0.675. The first-order chi connectivity index (χ1) is 8.36. The lowest BCUT2D eigenvalue weighted by Crippen LogP contribution is -2.32. The van der Waals surface area contributed by atoms with Gasteiger partial charge in [0.25, 0.3) is 0 Å². The van der Waals surface area contributed by atoms with Crippen LogP contribution in [0.25, 0.3) is 0 Å². The summed E-state index contributed by atoms with van der Waals surface area (Å²) >= 11 is 0. The molecule has 1 unspecified atom stereocenters. The number of rotatable bonds is 4. The van der Waals surface area contributed by atoms with Crippen molar-refractivity contribution in [3.05, 3.63) is 35.9 Å². The fourth-order valence-corrected chi connectivity index (χ4v) is 2.55. The van der Waals surface area contributed by atoms with Crippen LogP contribution in [-0.2, 0) is 0 Å². The van der Waals surface area contributed by atoms with Crippen molar-refractivity contribution in [2.24, 2.45) is 0 Å². The van der Waals surface area contributed by atoms with Crippen molar-refractivity contribution < 1.29 is 5.11 Å². The Hall–Kier alpha value is -0.860. The minimum absolute atomic E-state index is 0.376. The van der Waals surface area contributed by atoms with E-state index in [1.807, 2.05) is 30.3 Å². The fourth-order valence-electron chi connectivity index (χ4n) is 2.55. The highest BCUT2D eigenvalue weighted by molar-refractivity contribution is 5.17. The number of hydrogen-bond donors (Lipinski definition) is 2. The topological polar surface area (TPSA) is 32.3 Å². The average Bonchev–Trinajstić information content (AvgIpc) is 2.65. The molecule has 1 fully saturated rings. The Labute approximate surface area is 104 Å². The number of hydrogen-bond acceptors (Lipinski definition) is 2. The summed E-state index contributed by atoms with van der Waals surface area (Å²) in [5.41, 5.74) is 1.01. The summed E-state index contributed by atoms with van der Waals surface area (Å²) in [5.74, 6) is 0. The van der Waals surface area contributed by atoms with Gasteiger partial charge in [0.15, 0.2) is 0 Å². The third-order valence-electron chi connectivity index (χ3n) is 3.64. The molecule has 0 amide bonds. The van der Waals surface area contributed by atoms with Gasteiger partial charge in [-0.25, -0.2) is 0 Å². The first-order valence-corrected chi connectivity index (χ1v) is 6.82. The van der Waals surface area contributed by atoms with Crippen LogP contribution in [0, 0.1) is 0 Å². The molecule has 0 aromatic heterocycles. The number of nitrogens with one attached hydrogen (secondary N) is 1. The van der Waals surface area contributed by atoms with Crippen molar-refractivity contribution in [2.75, 3.05) is 6.54 Å². The van der Waals surface area contributed by atoms with Gasteiger partial charge in [-0.15, -0.1) is 0 Å². The monoisotopic (exact) mass is 233 g/mol. The lowest BCUT2D eigenvalue weighted by atomic mass is 10.1. The summed E-state index contributed by atoms with van der Waals surface area (Å²) in [6.07, 6.45) is 7.57. The largest absolute Gasteiger partial charge is 0.387 e. The molecule has 1 aromatic rings. The first kappa shape index (κ1) is 12.6. The van der Waals surface area contributed by atoms with Crippen LogP contribution in [-0.4, -0.2) is 17.7 Å². The molecule has 0 bridgehead atoms. The average molecular weight is 233 g/mol. The Morgan fingerprint density at radius 1 is 1.06 bits per heavy atom. The van der Waals surface area contributed by atoms with E-state index in [1.54, 1.807) is 0 Å². The third kappa shape index (κ3) is 4.14. The zero-order chi connectivity index (χ0) is 11.9.